The molecule has 1 saturated carbocycles. The van der Waals surface area contributed by atoms with Gasteiger partial charge < -0.3 is 15.0 Å². The topological polar surface area (TPSA) is 44.8 Å². The lowest BCUT2D eigenvalue weighted by molar-refractivity contribution is -0.151. The molecule has 2 unspecified atom stereocenters. The zero-order chi connectivity index (χ0) is 16.1. The Morgan fingerprint density at radius 1 is 1.13 bits per heavy atom. The maximum atomic E-state index is 12.8. The summed E-state index contributed by atoms with van der Waals surface area (Å²) in [5, 5.41) is 3.24. The lowest BCUT2D eigenvalue weighted by atomic mass is 9.90. The van der Waals surface area contributed by atoms with Gasteiger partial charge in [0, 0.05) is 6.54 Å². The van der Waals surface area contributed by atoms with E-state index in [9.17, 15) is 4.79 Å². The van der Waals surface area contributed by atoms with Crippen LogP contribution < -0.4 is 5.32 Å². The number of nitrogens with one attached hydrogen (secondary N) is 1. The Morgan fingerprint density at radius 3 is 2.70 bits per heavy atom. The fraction of sp³-hybridized carbons (Fsp3) is 0.944. The second-order valence-corrected chi connectivity index (χ2v) is 7.46. The van der Waals surface area contributed by atoms with Crippen molar-refractivity contribution in [2.75, 3.05) is 46.4 Å². The van der Waals surface area contributed by atoms with Gasteiger partial charge in [-0.15, -0.1) is 0 Å². The number of carbonyl (C=O) groups is 1. The van der Waals surface area contributed by atoms with Crippen LogP contribution in [-0.2, 0) is 9.53 Å². The number of amides is 1. The Bertz CT molecular complexity index is 380. The molecule has 3 aliphatic rings. The Morgan fingerprint density at radius 2 is 1.91 bits per heavy atom. The largest absolute Gasteiger partial charge is 0.374 e. The first-order chi connectivity index (χ1) is 11.3. The average molecular weight is 323 g/mol. The minimum atomic E-state index is 0.300. The molecular weight excluding hydrogens is 290 g/mol. The SMILES string of the molecule is CNCCC1CCN(CC(=O)N2CCOC3CCCCC32)CC1. The van der Waals surface area contributed by atoms with Gasteiger partial charge in [-0.05, 0) is 64.7 Å². The van der Waals surface area contributed by atoms with Crippen LogP contribution in [-0.4, -0.2) is 74.2 Å². The summed E-state index contributed by atoms with van der Waals surface area (Å²) >= 11 is 0. The molecule has 2 heterocycles. The first-order valence-electron chi connectivity index (χ1n) is 9.56. The average Bonchev–Trinajstić information content (AvgIpc) is 2.60. The van der Waals surface area contributed by atoms with Gasteiger partial charge in [-0.2, -0.15) is 0 Å². The summed E-state index contributed by atoms with van der Waals surface area (Å²) in [7, 11) is 2.02. The molecular formula is C18H33N3O2. The van der Waals surface area contributed by atoms with Crippen molar-refractivity contribution < 1.29 is 9.53 Å². The standard InChI is InChI=1S/C18H33N3O2/c1-19-9-6-15-7-10-20(11-8-15)14-18(22)21-12-13-23-17-5-3-2-4-16(17)21/h15-17,19H,2-14H2,1H3. The van der Waals surface area contributed by atoms with E-state index < -0.39 is 0 Å². The Hall–Kier alpha value is -0.650. The highest BCUT2D eigenvalue weighted by Gasteiger charge is 2.37. The molecule has 1 aliphatic carbocycles. The van der Waals surface area contributed by atoms with E-state index in [0.717, 1.165) is 51.5 Å². The number of rotatable bonds is 5. The van der Waals surface area contributed by atoms with E-state index in [1.54, 1.807) is 0 Å². The quantitative estimate of drug-likeness (QED) is 0.832. The zero-order valence-corrected chi connectivity index (χ0v) is 14.6. The van der Waals surface area contributed by atoms with Gasteiger partial charge in [0.25, 0.3) is 0 Å². The number of hydrogen-bond donors (Lipinski definition) is 1. The summed E-state index contributed by atoms with van der Waals surface area (Å²) in [6, 6.07) is 0.346. The predicted octanol–water partition coefficient (Wildman–Crippen LogP) is 1.48. The highest BCUT2D eigenvalue weighted by Crippen LogP contribution is 2.29. The highest BCUT2D eigenvalue weighted by atomic mass is 16.5. The number of fused-ring (bicyclic) bond motifs is 1. The molecule has 2 saturated heterocycles. The van der Waals surface area contributed by atoms with Gasteiger partial charge in [0.05, 0.1) is 25.3 Å². The molecule has 0 aromatic heterocycles. The molecule has 1 N–H and O–H groups in total. The van der Waals surface area contributed by atoms with Crippen LogP contribution in [0.3, 0.4) is 0 Å². The number of nitrogens with zero attached hydrogens (tertiary/aromatic N) is 2. The van der Waals surface area contributed by atoms with Crippen molar-refractivity contribution in [1.82, 2.24) is 15.1 Å². The van der Waals surface area contributed by atoms with Gasteiger partial charge in [-0.1, -0.05) is 12.8 Å². The third-order valence-corrected chi connectivity index (χ3v) is 5.92. The summed E-state index contributed by atoms with van der Waals surface area (Å²) in [4.78, 5) is 17.3. The van der Waals surface area contributed by atoms with Crippen LogP contribution in [0.4, 0.5) is 0 Å². The van der Waals surface area contributed by atoms with E-state index in [0.29, 0.717) is 24.6 Å². The van der Waals surface area contributed by atoms with Crippen LogP contribution in [0.5, 0.6) is 0 Å². The van der Waals surface area contributed by atoms with Crippen molar-refractivity contribution in [3.8, 4) is 0 Å². The van der Waals surface area contributed by atoms with E-state index >= 15 is 0 Å². The number of hydrogen-bond acceptors (Lipinski definition) is 4. The summed E-state index contributed by atoms with van der Waals surface area (Å²) in [6.45, 7) is 5.40. The van der Waals surface area contributed by atoms with E-state index in [2.05, 4.69) is 15.1 Å². The van der Waals surface area contributed by atoms with Crippen LogP contribution in [0, 0.1) is 5.92 Å². The molecule has 0 aromatic rings. The van der Waals surface area contributed by atoms with E-state index in [4.69, 9.17) is 4.74 Å². The minimum absolute atomic E-state index is 0.300. The fourth-order valence-corrected chi connectivity index (χ4v) is 4.47. The van der Waals surface area contributed by atoms with Crippen molar-refractivity contribution in [3.63, 3.8) is 0 Å². The van der Waals surface area contributed by atoms with Crippen LogP contribution >= 0.6 is 0 Å². The third-order valence-electron chi connectivity index (χ3n) is 5.92. The summed E-state index contributed by atoms with van der Waals surface area (Å²) in [5.41, 5.74) is 0. The zero-order valence-electron chi connectivity index (χ0n) is 14.6. The Balaban J connectivity index is 1.45. The molecule has 23 heavy (non-hydrogen) atoms. The van der Waals surface area contributed by atoms with Crippen LogP contribution in [0.1, 0.15) is 44.9 Å². The molecule has 2 aliphatic heterocycles. The van der Waals surface area contributed by atoms with Crippen molar-refractivity contribution >= 4 is 5.91 Å². The molecule has 3 fully saturated rings. The van der Waals surface area contributed by atoms with Gasteiger partial charge >= 0.3 is 0 Å². The van der Waals surface area contributed by atoms with Gasteiger partial charge in [0.15, 0.2) is 0 Å². The number of piperidine rings is 1. The Labute approximate surface area is 140 Å². The van der Waals surface area contributed by atoms with E-state index in [1.165, 1.54) is 32.1 Å². The molecule has 5 nitrogen and oxygen atoms in total. The number of morpholine rings is 1. The second-order valence-electron chi connectivity index (χ2n) is 7.46. The molecule has 0 aromatic carbocycles. The van der Waals surface area contributed by atoms with Crippen LogP contribution in [0.2, 0.25) is 0 Å². The molecule has 132 valence electrons. The normalized spacial score (nSPS) is 30.2. The highest BCUT2D eigenvalue weighted by molar-refractivity contribution is 5.78. The predicted molar refractivity (Wildman–Crippen MR) is 91.4 cm³/mol. The van der Waals surface area contributed by atoms with Crippen molar-refractivity contribution in [2.45, 2.75) is 57.1 Å². The first-order valence-corrected chi connectivity index (χ1v) is 9.56. The summed E-state index contributed by atoms with van der Waals surface area (Å²) in [5.74, 6) is 1.17. The maximum absolute atomic E-state index is 12.8. The van der Waals surface area contributed by atoms with Gasteiger partial charge in [0.1, 0.15) is 0 Å². The van der Waals surface area contributed by atoms with Crippen LogP contribution in [0.15, 0.2) is 0 Å². The van der Waals surface area contributed by atoms with Crippen molar-refractivity contribution in [1.29, 1.82) is 0 Å². The fourth-order valence-electron chi connectivity index (χ4n) is 4.47. The van der Waals surface area contributed by atoms with E-state index in [1.807, 2.05) is 7.05 Å². The maximum Gasteiger partial charge on any atom is 0.237 e. The Kier molecular flexibility index (Phi) is 6.31. The molecule has 0 spiro atoms. The van der Waals surface area contributed by atoms with E-state index in [-0.39, 0.29) is 0 Å². The van der Waals surface area contributed by atoms with Gasteiger partial charge in [-0.3, -0.25) is 9.69 Å². The first kappa shape index (κ1) is 17.2. The summed E-state index contributed by atoms with van der Waals surface area (Å²) < 4.78 is 5.89. The molecule has 2 atom stereocenters. The number of ether oxygens (including phenoxy) is 1. The lowest BCUT2D eigenvalue weighted by Gasteiger charge is -2.44. The third kappa shape index (κ3) is 4.46. The van der Waals surface area contributed by atoms with Crippen molar-refractivity contribution in [2.24, 2.45) is 5.92 Å². The second kappa shape index (κ2) is 8.45. The molecule has 0 bridgehead atoms. The van der Waals surface area contributed by atoms with Crippen LogP contribution in [0.25, 0.3) is 0 Å². The molecule has 5 heteroatoms. The molecule has 0 radical (unpaired) electrons. The molecule has 3 rings (SSSR count). The summed E-state index contributed by atoms with van der Waals surface area (Å²) in [6.07, 6.45) is 8.80. The smallest absolute Gasteiger partial charge is 0.237 e. The number of carbonyl (C=O) groups excluding carboxylic acids is 1. The monoisotopic (exact) mass is 323 g/mol. The minimum Gasteiger partial charge on any atom is -0.374 e. The number of likely N-dealkylation sites (tertiary alicyclic amines) is 1. The van der Waals surface area contributed by atoms with Gasteiger partial charge in [0.2, 0.25) is 5.91 Å². The van der Waals surface area contributed by atoms with Gasteiger partial charge in [-0.25, -0.2) is 0 Å². The van der Waals surface area contributed by atoms with Crippen molar-refractivity contribution in [3.05, 3.63) is 0 Å². The molecule has 1 amide bonds. The lowest BCUT2D eigenvalue weighted by Crippen LogP contribution is -2.57.